The van der Waals surface area contributed by atoms with Crippen LogP contribution in [0.3, 0.4) is 0 Å². The van der Waals surface area contributed by atoms with Gasteiger partial charge in [-0.3, -0.25) is 25.0 Å². The number of nitrogens with one attached hydrogen (secondary N) is 2. The molecule has 3 aromatic carbocycles. The van der Waals surface area contributed by atoms with Crippen LogP contribution < -0.4 is 15.6 Å². The Morgan fingerprint density at radius 3 is 2.19 bits per heavy atom. The predicted octanol–water partition coefficient (Wildman–Crippen LogP) is 4.40. The molecule has 4 aromatic rings. The van der Waals surface area contributed by atoms with Crippen LogP contribution in [0.2, 0.25) is 0 Å². The van der Waals surface area contributed by atoms with Gasteiger partial charge in [0.2, 0.25) is 0 Å². The molecule has 4 rings (SSSR count). The summed E-state index contributed by atoms with van der Waals surface area (Å²) in [7, 11) is 0. The molecular formula is C27H27N5O3S. The molecule has 8 nitrogen and oxygen atoms in total. The monoisotopic (exact) mass is 501 g/mol. The number of aryl methyl sites for hydroxylation is 2. The summed E-state index contributed by atoms with van der Waals surface area (Å²) in [5, 5.41) is 8.63. The molecule has 0 saturated carbocycles. The maximum absolute atomic E-state index is 12.7. The van der Waals surface area contributed by atoms with Crippen molar-refractivity contribution >= 4 is 23.6 Å². The first-order valence-electron chi connectivity index (χ1n) is 11.4. The fraction of sp³-hybridized carbons (Fsp3) is 0.185. The predicted molar refractivity (Wildman–Crippen MR) is 139 cm³/mol. The van der Waals surface area contributed by atoms with Crippen molar-refractivity contribution in [1.29, 1.82) is 0 Å². The van der Waals surface area contributed by atoms with Crippen molar-refractivity contribution in [2.75, 3.05) is 0 Å². The summed E-state index contributed by atoms with van der Waals surface area (Å²) in [5.74, 6) is 0.586. The van der Waals surface area contributed by atoms with Gasteiger partial charge >= 0.3 is 0 Å². The molecule has 1 heterocycles. The van der Waals surface area contributed by atoms with Crippen molar-refractivity contribution < 1.29 is 14.3 Å². The van der Waals surface area contributed by atoms with E-state index in [4.69, 9.17) is 4.74 Å². The molecule has 36 heavy (non-hydrogen) atoms. The zero-order valence-corrected chi connectivity index (χ0v) is 21.1. The Morgan fingerprint density at radius 1 is 0.889 bits per heavy atom. The molecule has 0 aliphatic heterocycles. The van der Waals surface area contributed by atoms with Gasteiger partial charge in [0.25, 0.3) is 11.8 Å². The lowest BCUT2D eigenvalue weighted by molar-refractivity contribution is -0.121. The smallest absolute Gasteiger partial charge is 0.269 e. The SMILES string of the molecule is Cc1ccc(OCc2nnc(S[C@@H](C)C(=O)NNC(=O)c3ccc(C)cc3)n2-c2ccccc2)cc1. The summed E-state index contributed by atoms with van der Waals surface area (Å²) < 4.78 is 7.80. The number of rotatable bonds is 8. The molecule has 0 aliphatic rings. The van der Waals surface area contributed by atoms with Crippen molar-refractivity contribution in [2.24, 2.45) is 0 Å². The molecule has 0 bridgehead atoms. The number of benzene rings is 3. The van der Waals surface area contributed by atoms with Gasteiger partial charge in [-0.05, 0) is 57.2 Å². The third-order valence-electron chi connectivity index (χ3n) is 5.37. The number of carbonyl (C=O) groups is 2. The van der Waals surface area contributed by atoms with E-state index in [0.717, 1.165) is 22.6 Å². The average molecular weight is 502 g/mol. The minimum absolute atomic E-state index is 0.207. The zero-order chi connectivity index (χ0) is 25.5. The van der Waals surface area contributed by atoms with Gasteiger partial charge in [-0.15, -0.1) is 10.2 Å². The number of amides is 2. The fourth-order valence-electron chi connectivity index (χ4n) is 3.30. The van der Waals surface area contributed by atoms with Crippen LogP contribution in [-0.2, 0) is 11.4 Å². The number of nitrogens with zero attached hydrogens (tertiary/aromatic N) is 3. The molecule has 0 spiro atoms. The van der Waals surface area contributed by atoms with E-state index >= 15 is 0 Å². The van der Waals surface area contributed by atoms with Crippen molar-refractivity contribution in [3.63, 3.8) is 0 Å². The van der Waals surface area contributed by atoms with Crippen LogP contribution in [0.15, 0.2) is 84.0 Å². The number of aromatic nitrogens is 3. The molecule has 0 radical (unpaired) electrons. The van der Waals surface area contributed by atoms with Crippen LogP contribution in [-0.4, -0.2) is 31.8 Å². The highest BCUT2D eigenvalue weighted by molar-refractivity contribution is 8.00. The summed E-state index contributed by atoms with van der Waals surface area (Å²) in [5.41, 5.74) is 8.47. The summed E-state index contributed by atoms with van der Waals surface area (Å²) in [6.45, 7) is 5.91. The molecule has 0 saturated heterocycles. The highest BCUT2D eigenvalue weighted by Crippen LogP contribution is 2.26. The van der Waals surface area contributed by atoms with Crippen LogP contribution in [0, 0.1) is 13.8 Å². The van der Waals surface area contributed by atoms with E-state index < -0.39 is 5.25 Å². The Labute approximate surface area is 214 Å². The molecule has 1 atom stereocenters. The lowest BCUT2D eigenvalue weighted by atomic mass is 10.1. The average Bonchev–Trinajstić information content (AvgIpc) is 3.29. The van der Waals surface area contributed by atoms with E-state index in [0.29, 0.717) is 16.5 Å². The first kappa shape index (κ1) is 25.0. The van der Waals surface area contributed by atoms with Gasteiger partial charge in [-0.25, -0.2) is 0 Å². The largest absolute Gasteiger partial charge is 0.486 e. The zero-order valence-electron chi connectivity index (χ0n) is 20.3. The normalized spacial score (nSPS) is 11.5. The lowest BCUT2D eigenvalue weighted by Gasteiger charge is -2.14. The van der Waals surface area contributed by atoms with Crippen LogP contribution in [0.25, 0.3) is 5.69 Å². The second-order valence-electron chi connectivity index (χ2n) is 8.24. The second kappa shape index (κ2) is 11.5. The van der Waals surface area contributed by atoms with Gasteiger partial charge in [0.05, 0.1) is 5.25 Å². The fourth-order valence-corrected chi connectivity index (χ4v) is 4.18. The van der Waals surface area contributed by atoms with Crippen LogP contribution in [0.4, 0.5) is 0 Å². The summed E-state index contributed by atoms with van der Waals surface area (Å²) >= 11 is 1.24. The second-order valence-corrected chi connectivity index (χ2v) is 9.55. The first-order valence-corrected chi connectivity index (χ1v) is 12.3. The standard InChI is InChI=1S/C27H27N5O3S/c1-18-9-13-21(14-10-18)26(34)30-29-25(33)20(3)36-27-31-28-24(32(27)22-7-5-4-6-8-22)17-35-23-15-11-19(2)12-16-23/h4-16,20H,17H2,1-3H3,(H,29,33)(H,30,34)/t20-/m0/s1. The molecule has 0 fully saturated rings. The van der Waals surface area contributed by atoms with E-state index in [1.165, 1.54) is 11.8 Å². The van der Waals surface area contributed by atoms with Gasteiger partial charge < -0.3 is 4.74 Å². The molecule has 0 unspecified atom stereocenters. The molecule has 1 aromatic heterocycles. The van der Waals surface area contributed by atoms with Crippen LogP contribution >= 0.6 is 11.8 Å². The van der Waals surface area contributed by atoms with Gasteiger partial charge in [0.15, 0.2) is 11.0 Å². The Balaban J connectivity index is 1.44. The topological polar surface area (TPSA) is 98.1 Å². The van der Waals surface area contributed by atoms with Crippen LogP contribution in [0.5, 0.6) is 5.75 Å². The van der Waals surface area contributed by atoms with E-state index in [1.54, 1.807) is 19.1 Å². The van der Waals surface area contributed by atoms with E-state index in [-0.39, 0.29) is 18.4 Å². The molecule has 0 aliphatic carbocycles. The highest BCUT2D eigenvalue weighted by atomic mass is 32.2. The number of thioether (sulfide) groups is 1. The van der Waals surface area contributed by atoms with Gasteiger partial charge in [-0.2, -0.15) is 0 Å². The van der Waals surface area contributed by atoms with Crippen molar-refractivity contribution in [3.05, 3.63) is 101 Å². The van der Waals surface area contributed by atoms with E-state index in [9.17, 15) is 9.59 Å². The van der Waals surface area contributed by atoms with E-state index in [1.807, 2.05) is 85.1 Å². The van der Waals surface area contributed by atoms with Gasteiger partial charge in [0.1, 0.15) is 12.4 Å². The lowest BCUT2D eigenvalue weighted by Crippen LogP contribution is -2.45. The summed E-state index contributed by atoms with van der Waals surface area (Å²) in [6.07, 6.45) is 0. The first-order chi connectivity index (χ1) is 17.4. The summed E-state index contributed by atoms with van der Waals surface area (Å²) in [6, 6.07) is 24.5. The molecule has 184 valence electrons. The molecule has 2 N–H and O–H groups in total. The number of hydrogen-bond acceptors (Lipinski definition) is 6. The van der Waals surface area contributed by atoms with Crippen LogP contribution in [0.1, 0.15) is 34.2 Å². The molecule has 9 heteroatoms. The number of hydrogen-bond donors (Lipinski definition) is 2. The minimum Gasteiger partial charge on any atom is -0.486 e. The van der Waals surface area contributed by atoms with Crippen molar-refractivity contribution in [1.82, 2.24) is 25.6 Å². The quantitative estimate of drug-likeness (QED) is 0.274. The Hall–Kier alpha value is -4.11. The summed E-state index contributed by atoms with van der Waals surface area (Å²) in [4.78, 5) is 25.0. The maximum atomic E-state index is 12.7. The molecular weight excluding hydrogens is 474 g/mol. The van der Waals surface area contributed by atoms with Crippen molar-refractivity contribution in [2.45, 2.75) is 37.8 Å². The number of carbonyl (C=O) groups excluding carboxylic acids is 2. The highest BCUT2D eigenvalue weighted by Gasteiger charge is 2.22. The molecule has 2 amide bonds. The third-order valence-corrected chi connectivity index (χ3v) is 6.41. The minimum atomic E-state index is -0.555. The Bertz CT molecular complexity index is 1320. The third kappa shape index (κ3) is 6.31. The van der Waals surface area contributed by atoms with Gasteiger partial charge in [-0.1, -0.05) is 65.4 Å². The number of hydrazine groups is 1. The maximum Gasteiger partial charge on any atom is 0.269 e. The number of para-hydroxylation sites is 1. The van der Waals surface area contributed by atoms with Gasteiger partial charge in [0, 0.05) is 11.3 Å². The Morgan fingerprint density at radius 2 is 1.53 bits per heavy atom. The van der Waals surface area contributed by atoms with Crippen molar-refractivity contribution in [3.8, 4) is 11.4 Å². The number of ether oxygens (including phenoxy) is 1. The Kier molecular flexibility index (Phi) is 8.02. The van der Waals surface area contributed by atoms with E-state index in [2.05, 4.69) is 21.0 Å².